The van der Waals surface area contributed by atoms with Crippen molar-refractivity contribution < 1.29 is 18.0 Å². The van der Waals surface area contributed by atoms with Crippen LogP contribution in [0.3, 0.4) is 0 Å². The molecule has 2 unspecified atom stereocenters. The Morgan fingerprint density at radius 2 is 1.96 bits per heavy atom. The van der Waals surface area contributed by atoms with Gasteiger partial charge in [-0.3, -0.25) is 9.78 Å². The topological polar surface area (TPSA) is 42.0 Å². The maximum absolute atomic E-state index is 13.0. The third kappa shape index (κ3) is 3.75. The maximum atomic E-state index is 13.0. The molecule has 2 aromatic rings. The predicted octanol–water partition coefficient (Wildman–Crippen LogP) is 5.08. The normalized spacial score (nSPS) is 20.0. The smallest absolute Gasteiger partial charge is 0.349 e. The van der Waals surface area contributed by atoms with Gasteiger partial charge >= 0.3 is 6.18 Å². The Bertz CT molecular complexity index is 811. The van der Waals surface area contributed by atoms with Crippen LogP contribution in [0.4, 0.5) is 13.2 Å². The van der Waals surface area contributed by atoms with Gasteiger partial charge in [0.05, 0.1) is 5.56 Å². The van der Waals surface area contributed by atoms with Crippen molar-refractivity contribution in [2.24, 2.45) is 0 Å². The van der Waals surface area contributed by atoms with Gasteiger partial charge in [-0.05, 0) is 42.7 Å². The van der Waals surface area contributed by atoms with E-state index < -0.39 is 23.3 Å². The summed E-state index contributed by atoms with van der Waals surface area (Å²) in [5.41, 5.74) is -0.847. The van der Waals surface area contributed by atoms with E-state index in [2.05, 4.69) is 10.3 Å². The van der Waals surface area contributed by atoms with Crippen LogP contribution in [0, 0.1) is 0 Å². The van der Waals surface area contributed by atoms with Crippen LogP contribution in [0.5, 0.6) is 0 Å². The SMILES string of the molecule is O=C(NC1CCC1c1ccc(Cl)cc1Cl)c1cccnc1C(F)(F)F. The molecule has 0 aliphatic heterocycles. The van der Waals surface area contributed by atoms with E-state index in [1.54, 1.807) is 18.2 Å². The van der Waals surface area contributed by atoms with Crippen molar-refractivity contribution >= 4 is 29.1 Å². The average molecular weight is 389 g/mol. The Balaban J connectivity index is 1.78. The molecule has 3 rings (SSSR count). The second-order valence-corrected chi connectivity index (χ2v) is 6.67. The maximum Gasteiger partial charge on any atom is 0.434 e. The first-order valence-electron chi connectivity index (χ1n) is 7.55. The number of rotatable bonds is 3. The summed E-state index contributed by atoms with van der Waals surface area (Å²) in [6.07, 6.45) is -2.23. The molecule has 1 aliphatic carbocycles. The molecule has 25 heavy (non-hydrogen) atoms. The third-order valence-corrected chi connectivity index (χ3v) is 4.84. The second-order valence-electron chi connectivity index (χ2n) is 5.83. The first-order valence-corrected chi connectivity index (χ1v) is 8.31. The quantitative estimate of drug-likeness (QED) is 0.795. The van der Waals surface area contributed by atoms with Gasteiger partial charge in [0, 0.05) is 28.2 Å². The highest BCUT2D eigenvalue weighted by atomic mass is 35.5. The molecule has 0 saturated heterocycles. The van der Waals surface area contributed by atoms with E-state index in [0.29, 0.717) is 16.5 Å². The highest BCUT2D eigenvalue weighted by Crippen LogP contribution is 2.41. The number of halogens is 5. The van der Waals surface area contributed by atoms with Gasteiger partial charge in [-0.2, -0.15) is 13.2 Å². The van der Waals surface area contributed by atoms with Crippen molar-refractivity contribution in [1.82, 2.24) is 10.3 Å². The fraction of sp³-hybridized carbons (Fsp3) is 0.294. The van der Waals surface area contributed by atoms with Crippen molar-refractivity contribution in [3.05, 3.63) is 63.4 Å². The Hall–Kier alpha value is -1.79. The molecule has 1 fully saturated rings. The van der Waals surface area contributed by atoms with Crippen molar-refractivity contribution in [1.29, 1.82) is 0 Å². The van der Waals surface area contributed by atoms with Crippen LogP contribution in [-0.4, -0.2) is 16.9 Å². The highest BCUT2D eigenvalue weighted by Gasteiger charge is 2.39. The van der Waals surface area contributed by atoms with Crippen LogP contribution in [0.25, 0.3) is 0 Å². The molecule has 1 saturated carbocycles. The summed E-state index contributed by atoms with van der Waals surface area (Å²) < 4.78 is 39.0. The van der Waals surface area contributed by atoms with Crippen molar-refractivity contribution in [2.45, 2.75) is 31.0 Å². The predicted molar refractivity (Wildman–Crippen MR) is 88.9 cm³/mol. The molecule has 1 N–H and O–H groups in total. The first-order chi connectivity index (χ1) is 11.8. The Morgan fingerprint density at radius 1 is 1.20 bits per heavy atom. The zero-order chi connectivity index (χ0) is 18.2. The summed E-state index contributed by atoms with van der Waals surface area (Å²) >= 11 is 12.1. The third-order valence-electron chi connectivity index (χ3n) is 4.27. The lowest BCUT2D eigenvalue weighted by atomic mass is 9.75. The molecule has 3 nitrogen and oxygen atoms in total. The van der Waals surface area contributed by atoms with E-state index in [0.717, 1.165) is 24.2 Å². The molecule has 1 amide bonds. The number of carbonyl (C=O) groups excluding carboxylic acids is 1. The fourth-order valence-corrected chi connectivity index (χ4v) is 3.46. The monoisotopic (exact) mass is 388 g/mol. The number of carbonyl (C=O) groups is 1. The van der Waals surface area contributed by atoms with Crippen LogP contribution in [-0.2, 0) is 6.18 Å². The summed E-state index contributed by atoms with van der Waals surface area (Å²) in [5, 5.41) is 3.64. The standard InChI is InChI=1S/C17H13Cl2F3N2O/c18-9-3-4-10(13(19)8-9)11-5-6-14(11)24-16(25)12-2-1-7-23-15(12)17(20,21)22/h1-4,7-8,11,14H,5-6H2,(H,24,25). The zero-order valence-corrected chi connectivity index (χ0v) is 14.3. The second kappa shape index (κ2) is 6.84. The lowest BCUT2D eigenvalue weighted by Crippen LogP contribution is -2.46. The number of aromatic nitrogens is 1. The number of nitrogens with zero attached hydrogens (tertiary/aromatic N) is 1. The lowest BCUT2D eigenvalue weighted by Gasteiger charge is -2.38. The van der Waals surface area contributed by atoms with E-state index in [9.17, 15) is 18.0 Å². The lowest BCUT2D eigenvalue weighted by molar-refractivity contribution is -0.141. The minimum absolute atomic E-state index is 0.0558. The molecular formula is C17H13Cl2F3N2O. The molecule has 1 aromatic heterocycles. The van der Waals surface area contributed by atoms with Gasteiger partial charge in [0.25, 0.3) is 5.91 Å². The van der Waals surface area contributed by atoms with Gasteiger partial charge in [0.1, 0.15) is 0 Å². The Labute approximate surface area is 152 Å². The van der Waals surface area contributed by atoms with Crippen molar-refractivity contribution in [2.75, 3.05) is 0 Å². The van der Waals surface area contributed by atoms with E-state index in [1.807, 2.05) is 0 Å². The number of benzene rings is 1. The number of hydrogen-bond acceptors (Lipinski definition) is 2. The highest BCUT2D eigenvalue weighted by molar-refractivity contribution is 6.35. The van der Waals surface area contributed by atoms with Gasteiger partial charge in [-0.15, -0.1) is 0 Å². The molecular weight excluding hydrogens is 376 g/mol. The summed E-state index contributed by atoms with van der Waals surface area (Å²) in [6.45, 7) is 0. The molecule has 0 bridgehead atoms. The molecule has 1 aliphatic rings. The first kappa shape index (κ1) is 18.0. The number of nitrogens with one attached hydrogen (secondary N) is 1. The zero-order valence-electron chi connectivity index (χ0n) is 12.8. The van der Waals surface area contributed by atoms with Gasteiger partial charge in [-0.25, -0.2) is 0 Å². The summed E-state index contributed by atoms with van der Waals surface area (Å²) in [7, 11) is 0. The fourth-order valence-electron chi connectivity index (χ4n) is 2.91. The van der Waals surface area contributed by atoms with E-state index in [-0.39, 0.29) is 12.0 Å². The molecule has 8 heteroatoms. The summed E-state index contributed by atoms with van der Waals surface area (Å²) in [4.78, 5) is 15.6. The van der Waals surface area contributed by atoms with E-state index >= 15 is 0 Å². The molecule has 0 radical (unpaired) electrons. The molecule has 0 spiro atoms. The average Bonchev–Trinajstić information content (AvgIpc) is 2.53. The van der Waals surface area contributed by atoms with Crippen molar-refractivity contribution in [3.63, 3.8) is 0 Å². The van der Waals surface area contributed by atoms with Gasteiger partial charge in [-0.1, -0.05) is 29.3 Å². The van der Waals surface area contributed by atoms with Gasteiger partial charge < -0.3 is 5.32 Å². The Kier molecular flexibility index (Phi) is 4.93. The van der Waals surface area contributed by atoms with Crippen LogP contribution in [0.2, 0.25) is 10.0 Å². The number of amides is 1. The summed E-state index contributed by atoms with van der Waals surface area (Å²) in [6, 6.07) is 7.22. The van der Waals surface area contributed by atoms with Gasteiger partial charge in [0.15, 0.2) is 5.69 Å². The molecule has 132 valence electrons. The largest absolute Gasteiger partial charge is 0.434 e. The van der Waals surface area contributed by atoms with E-state index in [1.165, 1.54) is 6.07 Å². The summed E-state index contributed by atoms with van der Waals surface area (Å²) in [5.74, 6) is -0.847. The van der Waals surface area contributed by atoms with Crippen LogP contribution >= 0.6 is 23.2 Å². The number of hydrogen-bond donors (Lipinski definition) is 1. The van der Waals surface area contributed by atoms with Crippen LogP contribution in [0.15, 0.2) is 36.5 Å². The van der Waals surface area contributed by atoms with Crippen LogP contribution in [0.1, 0.15) is 40.4 Å². The molecule has 1 heterocycles. The van der Waals surface area contributed by atoms with Crippen molar-refractivity contribution in [3.8, 4) is 0 Å². The number of pyridine rings is 1. The number of alkyl halides is 3. The minimum Gasteiger partial charge on any atom is -0.349 e. The molecule has 1 aromatic carbocycles. The Morgan fingerprint density at radius 3 is 2.56 bits per heavy atom. The van der Waals surface area contributed by atoms with Crippen LogP contribution < -0.4 is 5.32 Å². The molecule has 2 atom stereocenters. The van der Waals surface area contributed by atoms with Gasteiger partial charge in [0.2, 0.25) is 0 Å². The minimum atomic E-state index is -4.69. The van der Waals surface area contributed by atoms with E-state index in [4.69, 9.17) is 23.2 Å².